The van der Waals surface area contributed by atoms with Gasteiger partial charge in [0.25, 0.3) is 0 Å². The molecule has 0 heterocycles. The van der Waals surface area contributed by atoms with Crippen molar-refractivity contribution in [3.05, 3.63) is 53.6 Å². The molecule has 7 heteroatoms. The van der Waals surface area contributed by atoms with Crippen molar-refractivity contribution < 1.29 is 19.4 Å². The van der Waals surface area contributed by atoms with E-state index in [0.29, 0.717) is 47.4 Å². The SMILES string of the molecule is CCOc1cc(OCC2CCCC2)cc([C@@H](Nc2ccc(C(=N)N)cc2)C(=O)O)c1. The minimum Gasteiger partial charge on any atom is -0.494 e. The highest BCUT2D eigenvalue weighted by atomic mass is 16.5. The van der Waals surface area contributed by atoms with E-state index in [0.717, 1.165) is 0 Å². The number of carboxylic acids is 1. The van der Waals surface area contributed by atoms with Crippen LogP contribution in [0.25, 0.3) is 0 Å². The summed E-state index contributed by atoms with van der Waals surface area (Å²) in [4.78, 5) is 12.0. The van der Waals surface area contributed by atoms with Gasteiger partial charge in [-0.3, -0.25) is 5.41 Å². The molecule has 1 fully saturated rings. The summed E-state index contributed by atoms with van der Waals surface area (Å²) in [5, 5.41) is 20.4. The van der Waals surface area contributed by atoms with Gasteiger partial charge >= 0.3 is 5.97 Å². The molecule has 1 aliphatic carbocycles. The van der Waals surface area contributed by atoms with E-state index in [4.69, 9.17) is 20.6 Å². The van der Waals surface area contributed by atoms with E-state index in [1.165, 1.54) is 25.7 Å². The molecule has 30 heavy (non-hydrogen) atoms. The first-order chi connectivity index (χ1) is 14.5. The van der Waals surface area contributed by atoms with Gasteiger partial charge in [0.1, 0.15) is 17.3 Å². The fraction of sp³-hybridized carbons (Fsp3) is 0.391. The minimum absolute atomic E-state index is 0.0372. The van der Waals surface area contributed by atoms with E-state index < -0.39 is 12.0 Å². The van der Waals surface area contributed by atoms with Gasteiger partial charge in [-0.15, -0.1) is 0 Å². The van der Waals surface area contributed by atoms with Gasteiger partial charge in [-0.2, -0.15) is 0 Å². The first kappa shape index (κ1) is 21.5. The van der Waals surface area contributed by atoms with Crippen LogP contribution in [0.3, 0.4) is 0 Å². The van der Waals surface area contributed by atoms with Crippen LogP contribution >= 0.6 is 0 Å². The third-order valence-corrected chi connectivity index (χ3v) is 5.26. The van der Waals surface area contributed by atoms with Crippen LogP contribution in [-0.2, 0) is 4.79 Å². The Labute approximate surface area is 176 Å². The molecule has 1 atom stereocenters. The van der Waals surface area contributed by atoms with Gasteiger partial charge in [-0.25, -0.2) is 4.79 Å². The summed E-state index contributed by atoms with van der Waals surface area (Å²) in [6.07, 6.45) is 4.83. The number of carboxylic acid groups (broad SMARTS) is 1. The smallest absolute Gasteiger partial charge is 0.330 e. The standard InChI is InChI=1S/C23H29N3O4/c1-2-29-19-11-17(12-20(13-19)30-14-15-5-3-4-6-15)21(23(27)28)26-18-9-7-16(8-10-18)22(24)25/h7-13,15,21,26H,2-6,14H2,1H3,(H3,24,25)(H,27,28)/t21-/m1/s1. The van der Waals surface area contributed by atoms with Gasteiger partial charge in [0.05, 0.1) is 13.2 Å². The van der Waals surface area contributed by atoms with Crippen LogP contribution in [0.4, 0.5) is 5.69 Å². The van der Waals surface area contributed by atoms with E-state index in [9.17, 15) is 9.90 Å². The molecule has 2 aromatic carbocycles. The van der Waals surface area contributed by atoms with Gasteiger partial charge in [-0.1, -0.05) is 12.8 Å². The molecule has 3 rings (SSSR count). The summed E-state index contributed by atoms with van der Waals surface area (Å²) in [7, 11) is 0. The van der Waals surface area contributed by atoms with Crippen LogP contribution in [0.2, 0.25) is 0 Å². The maximum atomic E-state index is 12.0. The van der Waals surface area contributed by atoms with Gasteiger partial charge in [0.2, 0.25) is 0 Å². The van der Waals surface area contributed by atoms with Gasteiger partial charge in [0, 0.05) is 17.3 Å². The number of amidine groups is 1. The number of nitrogens with two attached hydrogens (primary N) is 1. The molecular formula is C23H29N3O4. The first-order valence-electron chi connectivity index (χ1n) is 10.3. The molecule has 1 aliphatic rings. The Morgan fingerprint density at radius 1 is 1.17 bits per heavy atom. The number of ether oxygens (including phenoxy) is 2. The average Bonchev–Trinajstić information content (AvgIpc) is 3.24. The number of hydrogen-bond donors (Lipinski definition) is 4. The number of rotatable bonds is 10. The molecule has 0 aromatic heterocycles. The zero-order chi connectivity index (χ0) is 21.5. The Morgan fingerprint density at radius 2 is 1.80 bits per heavy atom. The molecule has 2 aromatic rings. The molecule has 0 amide bonds. The van der Waals surface area contributed by atoms with Crippen molar-refractivity contribution in [1.29, 1.82) is 5.41 Å². The minimum atomic E-state index is -1.01. The van der Waals surface area contributed by atoms with Crippen LogP contribution in [0.15, 0.2) is 42.5 Å². The average molecular weight is 412 g/mol. The number of nitrogen functional groups attached to an aromatic ring is 1. The van der Waals surface area contributed by atoms with Crippen molar-refractivity contribution in [2.75, 3.05) is 18.5 Å². The number of benzene rings is 2. The largest absolute Gasteiger partial charge is 0.494 e. The highest BCUT2D eigenvalue weighted by Gasteiger charge is 2.22. The quantitative estimate of drug-likeness (QED) is 0.344. The molecular weight excluding hydrogens is 382 g/mol. The Bertz CT molecular complexity index is 877. The second-order valence-electron chi connectivity index (χ2n) is 7.54. The van der Waals surface area contributed by atoms with Crippen molar-refractivity contribution >= 4 is 17.5 Å². The second kappa shape index (κ2) is 10.0. The summed E-state index contributed by atoms with van der Waals surface area (Å²) < 4.78 is 11.6. The summed E-state index contributed by atoms with van der Waals surface area (Å²) in [5.74, 6) is 0.697. The first-order valence-corrected chi connectivity index (χ1v) is 10.3. The lowest BCUT2D eigenvalue weighted by molar-refractivity contribution is -0.138. The van der Waals surface area contributed by atoms with E-state index in [2.05, 4.69) is 5.32 Å². The zero-order valence-electron chi connectivity index (χ0n) is 17.2. The molecule has 0 aliphatic heterocycles. The number of aliphatic carboxylic acids is 1. The summed E-state index contributed by atoms with van der Waals surface area (Å²) >= 11 is 0. The lowest BCUT2D eigenvalue weighted by Gasteiger charge is -2.19. The van der Waals surface area contributed by atoms with Crippen molar-refractivity contribution in [2.45, 2.75) is 38.6 Å². The molecule has 0 spiro atoms. The van der Waals surface area contributed by atoms with Crippen molar-refractivity contribution in [3.63, 3.8) is 0 Å². The fourth-order valence-electron chi connectivity index (χ4n) is 3.69. The van der Waals surface area contributed by atoms with Crippen LogP contribution in [-0.4, -0.2) is 30.1 Å². The fourth-order valence-corrected chi connectivity index (χ4v) is 3.69. The molecule has 1 saturated carbocycles. The number of hydrogen-bond acceptors (Lipinski definition) is 5. The lowest BCUT2D eigenvalue weighted by Crippen LogP contribution is -2.21. The zero-order valence-corrected chi connectivity index (χ0v) is 17.2. The number of carbonyl (C=O) groups is 1. The van der Waals surface area contributed by atoms with Crippen LogP contribution in [0.5, 0.6) is 11.5 Å². The van der Waals surface area contributed by atoms with E-state index in [-0.39, 0.29) is 5.84 Å². The molecule has 0 unspecified atom stereocenters. The van der Waals surface area contributed by atoms with E-state index in [1.54, 1.807) is 36.4 Å². The monoisotopic (exact) mass is 411 g/mol. The predicted molar refractivity (Wildman–Crippen MR) is 117 cm³/mol. The van der Waals surface area contributed by atoms with Crippen molar-refractivity contribution in [3.8, 4) is 11.5 Å². The molecule has 0 saturated heterocycles. The third kappa shape index (κ3) is 5.65. The molecule has 0 bridgehead atoms. The normalized spacial score (nSPS) is 14.8. The van der Waals surface area contributed by atoms with Crippen LogP contribution < -0.4 is 20.5 Å². The summed E-state index contributed by atoms with van der Waals surface area (Å²) in [6.45, 7) is 2.99. The summed E-state index contributed by atoms with van der Waals surface area (Å²) in [6, 6.07) is 11.1. The number of nitrogens with one attached hydrogen (secondary N) is 2. The van der Waals surface area contributed by atoms with Crippen LogP contribution in [0, 0.1) is 11.3 Å². The highest BCUT2D eigenvalue weighted by molar-refractivity contribution is 5.95. The maximum absolute atomic E-state index is 12.0. The van der Waals surface area contributed by atoms with Crippen molar-refractivity contribution in [2.24, 2.45) is 11.7 Å². The van der Waals surface area contributed by atoms with Gasteiger partial charge in [-0.05, 0) is 67.6 Å². The Morgan fingerprint density at radius 3 is 2.37 bits per heavy atom. The Kier molecular flexibility index (Phi) is 7.17. The Hall–Kier alpha value is -3.22. The summed E-state index contributed by atoms with van der Waals surface area (Å²) in [5.41, 5.74) is 7.22. The molecule has 0 radical (unpaired) electrons. The number of anilines is 1. The van der Waals surface area contributed by atoms with Crippen molar-refractivity contribution in [1.82, 2.24) is 0 Å². The third-order valence-electron chi connectivity index (χ3n) is 5.26. The van der Waals surface area contributed by atoms with E-state index in [1.807, 2.05) is 13.0 Å². The topological polar surface area (TPSA) is 118 Å². The highest BCUT2D eigenvalue weighted by Crippen LogP contribution is 2.31. The molecule has 5 N–H and O–H groups in total. The van der Waals surface area contributed by atoms with Gasteiger partial charge < -0.3 is 25.6 Å². The maximum Gasteiger partial charge on any atom is 0.330 e. The Balaban J connectivity index is 1.82. The van der Waals surface area contributed by atoms with Crippen LogP contribution in [0.1, 0.15) is 49.8 Å². The molecule has 160 valence electrons. The lowest BCUT2D eigenvalue weighted by atomic mass is 10.0. The predicted octanol–water partition coefficient (Wildman–Crippen LogP) is 4.18. The second-order valence-corrected chi connectivity index (χ2v) is 7.54. The molecule has 7 nitrogen and oxygen atoms in total. The van der Waals surface area contributed by atoms with E-state index >= 15 is 0 Å². The van der Waals surface area contributed by atoms with Gasteiger partial charge in [0.15, 0.2) is 6.04 Å².